The molecule has 0 aliphatic rings. The lowest BCUT2D eigenvalue weighted by Crippen LogP contribution is -2.19. The maximum absolute atomic E-state index is 12.6. The summed E-state index contributed by atoms with van der Waals surface area (Å²) in [4.78, 5) is 24.7. The molecule has 7 heteroatoms. The second-order valence-electron chi connectivity index (χ2n) is 5.82. The smallest absolute Gasteiger partial charge is 0.323 e. The van der Waals surface area contributed by atoms with Gasteiger partial charge < -0.3 is 20.7 Å². The summed E-state index contributed by atoms with van der Waals surface area (Å²) in [6.07, 6.45) is 0. The summed E-state index contributed by atoms with van der Waals surface area (Å²) in [5.74, 6) is 0.0451. The first kappa shape index (κ1) is 19.3. The molecule has 3 amide bonds. The number of halogens is 1. The van der Waals surface area contributed by atoms with Gasteiger partial charge in [-0.15, -0.1) is 0 Å². The lowest BCUT2D eigenvalue weighted by atomic mass is 10.1. The highest BCUT2D eigenvalue weighted by atomic mass is 35.5. The number of urea groups is 1. The Bertz CT molecular complexity index is 993. The molecule has 3 N–H and O–H groups in total. The number of anilines is 3. The molecule has 0 unspecified atom stereocenters. The van der Waals surface area contributed by atoms with Gasteiger partial charge in [0.15, 0.2) is 0 Å². The van der Waals surface area contributed by atoms with E-state index in [4.69, 9.17) is 16.3 Å². The average Bonchev–Trinajstić information content (AvgIpc) is 2.69. The van der Waals surface area contributed by atoms with Gasteiger partial charge in [0.2, 0.25) is 0 Å². The predicted octanol–water partition coefficient (Wildman–Crippen LogP) is 5.24. The van der Waals surface area contributed by atoms with Gasteiger partial charge in [0.25, 0.3) is 5.91 Å². The van der Waals surface area contributed by atoms with E-state index in [1.54, 1.807) is 48.5 Å². The molecule has 0 aromatic heterocycles. The van der Waals surface area contributed by atoms with E-state index < -0.39 is 0 Å². The van der Waals surface area contributed by atoms with Crippen molar-refractivity contribution >= 4 is 40.6 Å². The average molecular weight is 396 g/mol. The topological polar surface area (TPSA) is 79.5 Å². The van der Waals surface area contributed by atoms with Gasteiger partial charge in [0.1, 0.15) is 5.75 Å². The fourth-order valence-corrected chi connectivity index (χ4v) is 2.72. The van der Waals surface area contributed by atoms with Gasteiger partial charge in [-0.3, -0.25) is 4.79 Å². The lowest BCUT2D eigenvalue weighted by Gasteiger charge is -2.11. The number of carbonyl (C=O) groups is 2. The fraction of sp³-hybridized carbons (Fsp3) is 0.0476. The highest BCUT2D eigenvalue weighted by Gasteiger charge is 2.13. The molecule has 0 saturated carbocycles. The Morgan fingerprint density at radius 1 is 0.786 bits per heavy atom. The number of hydrogen-bond acceptors (Lipinski definition) is 3. The van der Waals surface area contributed by atoms with Crippen molar-refractivity contribution < 1.29 is 14.3 Å². The monoisotopic (exact) mass is 395 g/mol. The third-order valence-corrected chi connectivity index (χ3v) is 4.05. The van der Waals surface area contributed by atoms with Crippen LogP contribution in [0.4, 0.5) is 21.9 Å². The highest BCUT2D eigenvalue weighted by Crippen LogP contribution is 2.24. The minimum atomic E-state index is -0.383. The number of rotatable bonds is 5. The number of ether oxygens (including phenoxy) is 1. The number of benzene rings is 3. The zero-order valence-electron chi connectivity index (χ0n) is 15.0. The van der Waals surface area contributed by atoms with Crippen molar-refractivity contribution in [3.63, 3.8) is 0 Å². The van der Waals surface area contributed by atoms with E-state index in [9.17, 15) is 9.59 Å². The Hall–Kier alpha value is -3.51. The Balaban J connectivity index is 1.69. The SMILES string of the molecule is COc1ccc(Cl)cc1C(=O)Nc1cccc(NC(=O)Nc2ccccc2)c1. The van der Waals surface area contributed by atoms with Gasteiger partial charge >= 0.3 is 6.03 Å². The minimum Gasteiger partial charge on any atom is -0.496 e. The Labute approximate surface area is 167 Å². The number of carbonyl (C=O) groups excluding carboxylic acids is 2. The number of nitrogens with one attached hydrogen (secondary N) is 3. The zero-order chi connectivity index (χ0) is 19.9. The van der Waals surface area contributed by atoms with E-state index in [1.807, 2.05) is 18.2 Å². The minimum absolute atomic E-state index is 0.315. The van der Waals surface area contributed by atoms with Crippen LogP contribution in [0.2, 0.25) is 5.02 Å². The van der Waals surface area contributed by atoms with Crippen molar-refractivity contribution in [2.75, 3.05) is 23.1 Å². The van der Waals surface area contributed by atoms with Gasteiger partial charge in [-0.05, 0) is 48.5 Å². The number of amides is 3. The Morgan fingerprint density at radius 3 is 2.14 bits per heavy atom. The van der Waals surface area contributed by atoms with Gasteiger partial charge in [-0.2, -0.15) is 0 Å². The standard InChI is InChI=1S/C21H18ClN3O3/c1-28-19-11-10-14(22)12-18(19)20(26)23-16-8-5-9-17(13-16)25-21(27)24-15-6-3-2-4-7-15/h2-13H,1H3,(H,23,26)(H2,24,25,27). The van der Waals surface area contributed by atoms with E-state index in [2.05, 4.69) is 16.0 Å². The van der Waals surface area contributed by atoms with Crippen molar-refractivity contribution in [2.45, 2.75) is 0 Å². The first-order valence-corrected chi connectivity index (χ1v) is 8.81. The normalized spacial score (nSPS) is 10.1. The van der Waals surface area contributed by atoms with Crippen molar-refractivity contribution in [2.24, 2.45) is 0 Å². The summed E-state index contributed by atoms with van der Waals surface area (Å²) in [6, 6.07) is 20.3. The van der Waals surface area contributed by atoms with Crippen LogP contribution in [0.25, 0.3) is 0 Å². The molecule has 0 saturated heterocycles. The predicted molar refractivity (Wildman–Crippen MR) is 111 cm³/mol. The van der Waals surface area contributed by atoms with Crippen LogP contribution in [0.3, 0.4) is 0 Å². The molecule has 0 atom stereocenters. The number of hydrogen-bond donors (Lipinski definition) is 3. The van der Waals surface area contributed by atoms with Crippen LogP contribution in [0, 0.1) is 0 Å². The highest BCUT2D eigenvalue weighted by molar-refractivity contribution is 6.31. The molecular weight excluding hydrogens is 378 g/mol. The van der Waals surface area contributed by atoms with E-state index in [0.717, 1.165) is 0 Å². The molecular formula is C21H18ClN3O3. The molecule has 0 heterocycles. The first-order valence-electron chi connectivity index (χ1n) is 8.43. The quantitative estimate of drug-likeness (QED) is 0.552. The number of para-hydroxylation sites is 1. The zero-order valence-corrected chi connectivity index (χ0v) is 15.8. The Morgan fingerprint density at radius 2 is 1.43 bits per heavy atom. The second kappa shape index (κ2) is 8.92. The van der Waals surface area contributed by atoms with E-state index in [1.165, 1.54) is 13.2 Å². The molecule has 0 aliphatic heterocycles. The van der Waals surface area contributed by atoms with Crippen LogP contribution in [0.5, 0.6) is 5.75 Å². The van der Waals surface area contributed by atoms with Gasteiger partial charge in [0.05, 0.1) is 12.7 Å². The van der Waals surface area contributed by atoms with E-state index in [-0.39, 0.29) is 11.9 Å². The van der Waals surface area contributed by atoms with Crippen LogP contribution in [0.1, 0.15) is 10.4 Å². The summed E-state index contributed by atoms with van der Waals surface area (Å²) in [5.41, 5.74) is 2.04. The molecule has 142 valence electrons. The largest absolute Gasteiger partial charge is 0.496 e. The summed E-state index contributed by atoms with van der Waals surface area (Å²) < 4.78 is 5.21. The van der Waals surface area contributed by atoms with Crippen LogP contribution in [0.15, 0.2) is 72.8 Å². The van der Waals surface area contributed by atoms with Crippen molar-refractivity contribution in [1.29, 1.82) is 0 Å². The molecule has 3 aromatic rings. The van der Waals surface area contributed by atoms with Crippen LogP contribution in [-0.4, -0.2) is 19.0 Å². The van der Waals surface area contributed by atoms with Crippen LogP contribution >= 0.6 is 11.6 Å². The van der Waals surface area contributed by atoms with Crippen molar-refractivity contribution in [3.8, 4) is 5.75 Å². The lowest BCUT2D eigenvalue weighted by molar-refractivity contribution is 0.102. The van der Waals surface area contributed by atoms with Crippen molar-refractivity contribution in [3.05, 3.63) is 83.4 Å². The third-order valence-electron chi connectivity index (χ3n) is 3.82. The summed E-state index contributed by atoms with van der Waals surface area (Å²) >= 11 is 5.98. The molecule has 0 fully saturated rings. The molecule has 0 bridgehead atoms. The molecule has 3 rings (SSSR count). The van der Waals surface area contributed by atoms with E-state index in [0.29, 0.717) is 33.4 Å². The maximum atomic E-state index is 12.6. The van der Waals surface area contributed by atoms with Crippen LogP contribution < -0.4 is 20.7 Å². The van der Waals surface area contributed by atoms with Gasteiger partial charge in [0, 0.05) is 22.1 Å². The van der Waals surface area contributed by atoms with Gasteiger partial charge in [-0.25, -0.2) is 4.79 Å². The summed E-state index contributed by atoms with van der Waals surface area (Å²) in [5, 5.41) is 8.66. The Kier molecular flexibility index (Phi) is 6.14. The van der Waals surface area contributed by atoms with E-state index >= 15 is 0 Å². The summed E-state index contributed by atoms with van der Waals surface area (Å²) in [6.45, 7) is 0. The molecule has 6 nitrogen and oxygen atoms in total. The first-order chi connectivity index (χ1) is 13.5. The van der Waals surface area contributed by atoms with Crippen LogP contribution in [-0.2, 0) is 0 Å². The second-order valence-corrected chi connectivity index (χ2v) is 6.26. The fourth-order valence-electron chi connectivity index (χ4n) is 2.55. The maximum Gasteiger partial charge on any atom is 0.323 e. The molecule has 28 heavy (non-hydrogen) atoms. The molecule has 0 spiro atoms. The molecule has 0 aliphatic carbocycles. The number of methoxy groups -OCH3 is 1. The molecule has 0 radical (unpaired) electrons. The third kappa shape index (κ3) is 5.02. The van der Waals surface area contributed by atoms with Gasteiger partial charge in [-0.1, -0.05) is 35.9 Å². The van der Waals surface area contributed by atoms with Crippen molar-refractivity contribution in [1.82, 2.24) is 0 Å². The summed E-state index contributed by atoms with van der Waals surface area (Å²) in [7, 11) is 1.48. The molecule has 3 aromatic carbocycles.